The maximum Gasteiger partial charge on any atom is 0.118 e. The molecule has 2 nitrogen and oxygen atoms in total. The molecule has 2 N–H and O–H groups in total. The van der Waals surface area contributed by atoms with Crippen molar-refractivity contribution in [1.29, 1.82) is 0 Å². The Bertz CT molecular complexity index is 508. The lowest BCUT2D eigenvalue weighted by Crippen LogP contribution is -1.96. The summed E-state index contributed by atoms with van der Waals surface area (Å²) in [5.41, 5.74) is 9.17. The molecule has 0 radical (unpaired) electrons. The number of hydrogen-bond donors (Lipinski definition) is 1. The summed E-state index contributed by atoms with van der Waals surface area (Å²) < 4.78 is 6.08. The second-order valence-corrected chi connectivity index (χ2v) is 4.69. The van der Waals surface area contributed by atoms with Gasteiger partial charge in [-0.2, -0.15) is 0 Å². The Morgan fingerprint density at radius 3 is 2.47 bits per heavy atom. The monoisotopic (exact) mass is 291 g/mol. The summed E-state index contributed by atoms with van der Waals surface area (Å²) in [6.45, 7) is 0. The Kier molecular flexibility index (Phi) is 3.69. The van der Waals surface area contributed by atoms with E-state index in [2.05, 4.69) is 28.1 Å². The van der Waals surface area contributed by atoms with E-state index in [1.54, 1.807) is 7.11 Å². The fraction of sp³-hybridized carbons (Fsp3) is 0.143. The number of methoxy groups -OCH3 is 1. The first-order valence-corrected chi connectivity index (χ1v) is 6.16. The molecule has 0 saturated carbocycles. The Hall–Kier alpha value is -1.48. The quantitative estimate of drug-likeness (QED) is 0.877. The molecule has 0 atom stereocenters. The van der Waals surface area contributed by atoms with Crippen LogP contribution in [0.1, 0.15) is 11.1 Å². The van der Waals surface area contributed by atoms with Crippen LogP contribution in [-0.4, -0.2) is 7.11 Å². The molecule has 0 aliphatic carbocycles. The molecule has 0 aliphatic rings. The molecule has 0 heterocycles. The van der Waals surface area contributed by atoms with Crippen LogP contribution in [0.25, 0.3) is 0 Å². The van der Waals surface area contributed by atoms with Gasteiger partial charge in [-0.25, -0.2) is 0 Å². The molecule has 3 heteroatoms. The van der Waals surface area contributed by atoms with Crippen LogP contribution in [0, 0.1) is 0 Å². The summed E-state index contributed by atoms with van der Waals surface area (Å²) in [5, 5.41) is 0. The maximum atomic E-state index is 6.01. The number of nitrogen functional groups attached to an aromatic ring is 1. The van der Waals surface area contributed by atoms with E-state index < -0.39 is 0 Å². The van der Waals surface area contributed by atoms with Crippen molar-refractivity contribution >= 4 is 21.6 Å². The van der Waals surface area contributed by atoms with Crippen LogP contribution in [-0.2, 0) is 6.42 Å². The Balaban J connectivity index is 2.22. The van der Waals surface area contributed by atoms with E-state index in [1.807, 2.05) is 30.3 Å². The third-order valence-electron chi connectivity index (χ3n) is 2.70. The second-order valence-electron chi connectivity index (χ2n) is 3.84. The predicted octanol–water partition coefficient (Wildman–Crippen LogP) is 3.63. The highest BCUT2D eigenvalue weighted by Gasteiger charge is 2.03. The van der Waals surface area contributed by atoms with Gasteiger partial charge in [-0.3, -0.25) is 0 Å². The maximum absolute atomic E-state index is 6.01. The van der Waals surface area contributed by atoms with E-state index in [4.69, 9.17) is 10.5 Å². The van der Waals surface area contributed by atoms with Gasteiger partial charge in [0.15, 0.2) is 0 Å². The third-order valence-corrected chi connectivity index (χ3v) is 3.39. The summed E-state index contributed by atoms with van der Waals surface area (Å²) in [4.78, 5) is 0. The molecule has 2 aromatic rings. The van der Waals surface area contributed by atoms with Crippen LogP contribution >= 0.6 is 15.9 Å². The summed E-state index contributed by atoms with van der Waals surface area (Å²) in [6.07, 6.45) is 0.829. The van der Waals surface area contributed by atoms with Crippen molar-refractivity contribution in [2.45, 2.75) is 6.42 Å². The molecule has 2 aromatic carbocycles. The molecule has 0 aliphatic heterocycles. The van der Waals surface area contributed by atoms with Gasteiger partial charge in [0.25, 0.3) is 0 Å². The van der Waals surface area contributed by atoms with Gasteiger partial charge in [-0.05, 0) is 51.7 Å². The fourth-order valence-electron chi connectivity index (χ4n) is 1.70. The molecule has 17 heavy (non-hydrogen) atoms. The first-order chi connectivity index (χ1) is 8.20. The highest BCUT2D eigenvalue weighted by Crippen LogP contribution is 2.25. The zero-order chi connectivity index (χ0) is 12.3. The summed E-state index contributed by atoms with van der Waals surface area (Å²) >= 11 is 3.44. The zero-order valence-electron chi connectivity index (χ0n) is 9.61. The molecule has 0 fully saturated rings. The molecular weight excluding hydrogens is 278 g/mol. The van der Waals surface area contributed by atoms with Crippen LogP contribution in [0.5, 0.6) is 5.75 Å². The van der Waals surface area contributed by atoms with Gasteiger partial charge in [-0.1, -0.05) is 24.3 Å². The third kappa shape index (κ3) is 2.80. The topological polar surface area (TPSA) is 35.2 Å². The highest BCUT2D eigenvalue weighted by molar-refractivity contribution is 9.10. The molecule has 2 rings (SSSR count). The molecule has 0 saturated heterocycles. The lowest BCUT2D eigenvalue weighted by Gasteiger charge is -2.08. The molecule has 0 amide bonds. The zero-order valence-corrected chi connectivity index (χ0v) is 11.2. The standard InChI is InChI=1S/C14H14BrNO/c1-17-12-7-5-10(6-8-12)9-11-3-2-4-13(15)14(11)16/h2-8H,9,16H2,1H3. The number of para-hydroxylation sites is 1. The van der Waals surface area contributed by atoms with Crippen molar-refractivity contribution < 1.29 is 4.74 Å². The van der Waals surface area contributed by atoms with Crippen LogP contribution in [0.2, 0.25) is 0 Å². The van der Waals surface area contributed by atoms with E-state index in [0.717, 1.165) is 27.9 Å². The number of ether oxygens (including phenoxy) is 1. The van der Waals surface area contributed by atoms with Crippen molar-refractivity contribution in [3.63, 3.8) is 0 Å². The Labute approximate surface area is 110 Å². The van der Waals surface area contributed by atoms with Gasteiger partial charge in [0.05, 0.1) is 7.11 Å². The average Bonchev–Trinajstić information content (AvgIpc) is 2.36. The number of anilines is 1. The van der Waals surface area contributed by atoms with E-state index in [9.17, 15) is 0 Å². The van der Waals surface area contributed by atoms with E-state index >= 15 is 0 Å². The number of nitrogens with two attached hydrogens (primary N) is 1. The number of hydrogen-bond acceptors (Lipinski definition) is 2. The SMILES string of the molecule is COc1ccc(Cc2cccc(Br)c2N)cc1. The predicted molar refractivity (Wildman–Crippen MR) is 74.4 cm³/mol. The van der Waals surface area contributed by atoms with Gasteiger partial charge in [0.1, 0.15) is 5.75 Å². The lowest BCUT2D eigenvalue weighted by molar-refractivity contribution is 0.414. The first kappa shape index (κ1) is 12.0. The van der Waals surface area contributed by atoms with Crippen molar-refractivity contribution in [1.82, 2.24) is 0 Å². The minimum Gasteiger partial charge on any atom is -0.497 e. The fourth-order valence-corrected chi connectivity index (χ4v) is 2.11. The number of benzene rings is 2. The van der Waals surface area contributed by atoms with Crippen molar-refractivity contribution in [3.8, 4) is 5.75 Å². The molecular formula is C14H14BrNO. The average molecular weight is 292 g/mol. The number of halogens is 1. The van der Waals surface area contributed by atoms with E-state index in [0.29, 0.717) is 0 Å². The van der Waals surface area contributed by atoms with Crippen molar-refractivity contribution in [2.24, 2.45) is 0 Å². The largest absolute Gasteiger partial charge is 0.497 e. The molecule has 0 bridgehead atoms. The van der Waals surface area contributed by atoms with Gasteiger partial charge in [-0.15, -0.1) is 0 Å². The van der Waals surface area contributed by atoms with Crippen LogP contribution in [0.3, 0.4) is 0 Å². The lowest BCUT2D eigenvalue weighted by atomic mass is 10.0. The van der Waals surface area contributed by atoms with Gasteiger partial charge < -0.3 is 10.5 Å². The van der Waals surface area contributed by atoms with Crippen LogP contribution in [0.4, 0.5) is 5.69 Å². The Morgan fingerprint density at radius 2 is 1.82 bits per heavy atom. The van der Waals surface area contributed by atoms with Gasteiger partial charge in [0, 0.05) is 10.2 Å². The second kappa shape index (κ2) is 5.23. The van der Waals surface area contributed by atoms with E-state index in [1.165, 1.54) is 5.56 Å². The minimum absolute atomic E-state index is 0.809. The highest BCUT2D eigenvalue weighted by atomic mass is 79.9. The normalized spacial score (nSPS) is 10.2. The summed E-state index contributed by atoms with van der Waals surface area (Å²) in [6, 6.07) is 14.0. The van der Waals surface area contributed by atoms with Crippen molar-refractivity contribution in [3.05, 3.63) is 58.1 Å². The smallest absolute Gasteiger partial charge is 0.118 e. The first-order valence-electron chi connectivity index (χ1n) is 5.36. The molecule has 0 spiro atoms. The van der Waals surface area contributed by atoms with Gasteiger partial charge >= 0.3 is 0 Å². The molecule has 88 valence electrons. The van der Waals surface area contributed by atoms with Crippen molar-refractivity contribution in [2.75, 3.05) is 12.8 Å². The summed E-state index contributed by atoms with van der Waals surface area (Å²) in [5.74, 6) is 0.871. The molecule has 0 aromatic heterocycles. The number of rotatable bonds is 3. The summed E-state index contributed by atoms with van der Waals surface area (Å²) in [7, 11) is 1.67. The molecule has 0 unspecified atom stereocenters. The van der Waals surface area contributed by atoms with Crippen LogP contribution < -0.4 is 10.5 Å². The Morgan fingerprint density at radius 1 is 1.12 bits per heavy atom. The van der Waals surface area contributed by atoms with Gasteiger partial charge in [0.2, 0.25) is 0 Å². The minimum atomic E-state index is 0.809. The van der Waals surface area contributed by atoms with E-state index in [-0.39, 0.29) is 0 Å². The van der Waals surface area contributed by atoms with Crippen LogP contribution in [0.15, 0.2) is 46.9 Å².